The second kappa shape index (κ2) is 9.15. The van der Waals surface area contributed by atoms with Gasteiger partial charge in [-0.25, -0.2) is 4.79 Å². The normalized spacial score (nSPS) is 11.5. The van der Waals surface area contributed by atoms with E-state index in [1.165, 1.54) is 7.11 Å². The van der Waals surface area contributed by atoms with Crippen LogP contribution >= 0.6 is 11.6 Å². The van der Waals surface area contributed by atoms with Crippen LogP contribution in [0.3, 0.4) is 0 Å². The summed E-state index contributed by atoms with van der Waals surface area (Å²) >= 11 is 5.96. The minimum Gasteiger partial charge on any atom is -0.496 e. The molecule has 2 aromatic carbocycles. The molecule has 0 saturated carbocycles. The fourth-order valence-electron chi connectivity index (χ4n) is 2.38. The van der Waals surface area contributed by atoms with Crippen LogP contribution in [0.5, 0.6) is 11.5 Å². The first-order valence-corrected chi connectivity index (χ1v) is 8.01. The molecule has 0 fully saturated rings. The monoisotopic (exact) mass is 364 g/mol. The molecule has 0 aliphatic heterocycles. The molecule has 0 heterocycles. The van der Waals surface area contributed by atoms with Crippen molar-refractivity contribution in [2.45, 2.75) is 6.10 Å². The van der Waals surface area contributed by atoms with Gasteiger partial charge in [0, 0.05) is 24.2 Å². The lowest BCUT2D eigenvalue weighted by atomic mass is 10.1. The maximum atomic E-state index is 12.2. The molecule has 0 spiro atoms. The highest BCUT2D eigenvalue weighted by Crippen LogP contribution is 2.28. The summed E-state index contributed by atoms with van der Waals surface area (Å²) in [6.07, 6.45) is -0.344. The molecule has 25 heavy (non-hydrogen) atoms. The molecule has 1 atom stereocenters. The molecular formula is C18H21ClN2O4. The molecule has 1 unspecified atom stereocenters. The predicted molar refractivity (Wildman–Crippen MR) is 97.8 cm³/mol. The summed E-state index contributed by atoms with van der Waals surface area (Å²) in [5.74, 6) is 1.22. The highest BCUT2D eigenvalue weighted by atomic mass is 35.5. The number of carbonyl (C=O) groups is 1. The molecule has 134 valence electrons. The first-order chi connectivity index (χ1) is 12.1. The molecule has 2 N–H and O–H groups in total. The summed E-state index contributed by atoms with van der Waals surface area (Å²) in [7, 11) is 4.70. The van der Waals surface area contributed by atoms with Gasteiger partial charge in [-0.2, -0.15) is 0 Å². The van der Waals surface area contributed by atoms with Crippen molar-refractivity contribution in [3.63, 3.8) is 0 Å². The third-order valence-corrected chi connectivity index (χ3v) is 3.86. The van der Waals surface area contributed by atoms with Crippen molar-refractivity contribution in [2.75, 3.05) is 33.2 Å². The van der Waals surface area contributed by atoms with Crippen molar-refractivity contribution in [3.05, 3.63) is 53.1 Å². The van der Waals surface area contributed by atoms with Crippen LogP contribution in [0.2, 0.25) is 5.02 Å². The quantitative estimate of drug-likeness (QED) is 0.782. The van der Waals surface area contributed by atoms with E-state index >= 15 is 0 Å². The molecule has 0 aliphatic rings. The average Bonchev–Trinajstić information content (AvgIpc) is 2.62. The molecule has 0 bridgehead atoms. The third-order valence-electron chi connectivity index (χ3n) is 3.63. The zero-order valence-corrected chi connectivity index (χ0v) is 15.1. The van der Waals surface area contributed by atoms with E-state index in [1.807, 2.05) is 24.3 Å². The number of benzene rings is 2. The van der Waals surface area contributed by atoms with E-state index in [0.717, 1.165) is 5.56 Å². The van der Waals surface area contributed by atoms with E-state index in [2.05, 4.69) is 10.6 Å². The lowest BCUT2D eigenvalue weighted by molar-refractivity contribution is 0.102. The second-order valence-electron chi connectivity index (χ2n) is 5.15. The number of halogens is 1. The maximum Gasteiger partial charge on any atom is 0.319 e. The van der Waals surface area contributed by atoms with Crippen molar-refractivity contribution in [1.29, 1.82) is 0 Å². The van der Waals surface area contributed by atoms with Crippen molar-refractivity contribution in [1.82, 2.24) is 5.32 Å². The number of nitrogens with one attached hydrogen (secondary N) is 2. The summed E-state index contributed by atoms with van der Waals surface area (Å²) in [6.45, 7) is 0.269. The Bertz CT molecular complexity index is 724. The van der Waals surface area contributed by atoms with Gasteiger partial charge in [0.15, 0.2) is 0 Å². The Morgan fingerprint density at radius 1 is 1.08 bits per heavy atom. The Hall–Kier alpha value is -2.44. The van der Waals surface area contributed by atoms with Gasteiger partial charge in [0.05, 0.1) is 19.9 Å². The number of carbonyl (C=O) groups excluding carboxylic acids is 1. The largest absolute Gasteiger partial charge is 0.496 e. The number of hydrogen-bond acceptors (Lipinski definition) is 4. The van der Waals surface area contributed by atoms with Gasteiger partial charge in [0.25, 0.3) is 0 Å². The molecular weight excluding hydrogens is 344 g/mol. The fraction of sp³-hybridized carbons (Fsp3) is 0.278. The summed E-state index contributed by atoms with van der Waals surface area (Å²) in [5.41, 5.74) is 1.34. The van der Waals surface area contributed by atoms with Crippen molar-refractivity contribution in [2.24, 2.45) is 0 Å². The van der Waals surface area contributed by atoms with Crippen LogP contribution in [-0.4, -0.2) is 33.9 Å². The summed E-state index contributed by atoms with van der Waals surface area (Å²) in [6, 6.07) is 12.1. The van der Waals surface area contributed by atoms with Crippen molar-refractivity contribution in [3.8, 4) is 11.5 Å². The summed E-state index contributed by atoms with van der Waals surface area (Å²) < 4.78 is 16.0. The highest BCUT2D eigenvalue weighted by Gasteiger charge is 2.17. The van der Waals surface area contributed by atoms with E-state index < -0.39 is 6.03 Å². The first kappa shape index (κ1) is 18.9. The van der Waals surface area contributed by atoms with Crippen molar-refractivity contribution < 1.29 is 19.0 Å². The number of anilines is 1. The number of urea groups is 1. The number of amides is 2. The Balaban J connectivity index is 2.02. The van der Waals surface area contributed by atoms with Gasteiger partial charge in [-0.3, -0.25) is 0 Å². The number of ether oxygens (including phenoxy) is 3. The smallest absolute Gasteiger partial charge is 0.319 e. The van der Waals surface area contributed by atoms with E-state index in [1.54, 1.807) is 32.4 Å². The lowest BCUT2D eigenvalue weighted by Gasteiger charge is -2.19. The second-order valence-corrected chi connectivity index (χ2v) is 5.58. The van der Waals surface area contributed by atoms with Crippen LogP contribution in [0.1, 0.15) is 11.7 Å². The average molecular weight is 365 g/mol. The number of para-hydroxylation sites is 1. The molecule has 0 aliphatic carbocycles. The molecule has 0 aromatic heterocycles. The fourth-order valence-corrected chi connectivity index (χ4v) is 2.55. The van der Waals surface area contributed by atoms with Crippen molar-refractivity contribution >= 4 is 23.3 Å². The van der Waals surface area contributed by atoms with Crippen LogP contribution in [0, 0.1) is 0 Å². The Labute approximate surface area is 152 Å². The number of methoxy groups -OCH3 is 3. The van der Waals surface area contributed by atoms with E-state index in [-0.39, 0.29) is 12.6 Å². The highest BCUT2D eigenvalue weighted by molar-refractivity contribution is 6.31. The maximum absolute atomic E-state index is 12.2. The van der Waals surface area contributed by atoms with E-state index in [0.29, 0.717) is 22.2 Å². The van der Waals surface area contributed by atoms with Gasteiger partial charge in [0.2, 0.25) is 0 Å². The van der Waals surface area contributed by atoms with Gasteiger partial charge < -0.3 is 24.8 Å². The molecule has 7 heteroatoms. The van der Waals surface area contributed by atoms with Crippen LogP contribution in [0.25, 0.3) is 0 Å². The summed E-state index contributed by atoms with van der Waals surface area (Å²) in [4.78, 5) is 12.2. The van der Waals surface area contributed by atoms with Gasteiger partial charge in [-0.1, -0.05) is 29.8 Å². The SMILES string of the molecule is COc1ccc(Cl)cc1NC(=O)NCC(OC)c1ccccc1OC. The topological polar surface area (TPSA) is 68.8 Å². The number of hydrogen-bond donors (Lipinski definition) is 2. The van der Waals surface area contributed by atoms with Gasteiger partial charge >= 0.3 is 6.03 Å². The van der Waals surface area contributed by atoms with Gasteiger partial charge in [-0.15, -0.1) is 0 Å². The Kier molecular flexibility index (Phi) is 6.91. The van der Waals surface area contributed by atoms with Crippen LogP contribution < -0.4 is 20.1 Å². The lowest BCUT2D eigenvalue weighted by Crippen LogP contribution is -2.33. The van der Waals surface area contributed by atoms with Crippen LogP contribution in [0.15, 0.2) is 42.5 Å². The molecule has 2 aromatic rings. The Morgan fingerprint density at radius 2 is 1.80 bits per heavy atom. The standard InChI is InChI=1S/C18H21ClN2O4/c1-23-15-7-5-4-6-13(15)17(25-3)11-20-18(22)21-14-10-12(19)8-9-16(14)24-2/h4-10,17H,11H2,1-3H3,(H2,20,21,22). The van der Waals surface area contributed by atoms with E-state index in [9.17, 15) is 4.79 Å². The molecule has 2 amide bonds. The van der Waals surface area contributed by atoms with Crippen LogP contribution in [0.4, 0.5) is 10.5 Å². The predicted octanol–water partition coefficient (Wildman–Crippen LogP) is 3.87. The summed E-state index contributed by atoms with van der Waals surface area (Å²) in [5, 5.41) is 5.99. The molecule has 6 nitrogen and oxygen atoms in total. The minimum absolute atomic E-state index is 0.269. The third kappa shape index (κ3) is 5.01. The molecule has 0 radical (unpaired) electrons. The van der Waals surface area contributed by atoms with Gasteiger partial charge in [-0.05, 0) is 24.3 Å². The van der Waals surface area contributed by atoms with Crippen LogP contribution in [-0.2, 0) is 4.74 Å². The zero-order chi connectivity index (χ0) is 18.2. The first-order valence-electron chi connectivity index (χ1n) is 7.63. The Morgan fingerprint density at radius 3 is 2.48 bits per heavy atom. The zero-order valence-electron chi connectivity index (χ0n) is 14.3. The number of rotatable bonds is 7. The molecule has 0 saturated heterocycles. The van der Waals surface area contributed by atoms with Gasteiger partial charge in [0.1, 0.15) is 17.6 Å². The molecule has 2 rings (SSSR count). The van der Waals surface area contributed by atoms with E-state index in [4.69, 9.17) is 25.8 Å². The minimum atomic E-state index is -0.391.